The van der Waals surface area contributed by atoms with Gasteiger partial charge in [-0.3, -0.25) is 0 Å². The third kappa shape index (κ3) is 3.85. The Morgan fingerprint density at radius 1 is 0.441 bits per heavy atom. The van der Waals surface area contributed by atoms with Crippen LogP contribution in [-0.4, -0.2) is 9.52 Å². The van der Waals surface area contributed by atoms with E-state index in [0.717, 1.165) is 15.6 Å². The Balaban J connectivity index is 1.65. The molecule has 0 bridgehead atoms. The molecule has 0 aliphatic heterocycles. The van der Waals surface area contributed by atoms with Crippen molar-refractivity contribution in [2.45, 2.75) is 6.04 Å². The quantitative estimate of drug-likeness (QED) is 0.236. The molecule has 160 valence electrons. The second kappa shape index (κ2) is 9.13. The van der Waals surface area contributed by atoms with Crippen LogP contribution in [0.15, 0.2) is 133 Å². The van der Waals surface area contributed by atoms with Crippen molar-refractivity contribution in [3.8, 4) is 22.3 Å². The highest BCUT2D eigenvalue weighted by atomic mass is 28.2. The molecule has 0 N–H and O–H groups in total. The first-order chi connectivity index (χ1) is 16.9. The van der Waals surface area contributed by atoms with Crippen LogP contribution in [0.4, 0.5) is 0 Å². The number of fused-ring (bicyclic) bond motifs is 2. The minimum atomic E-state index is 0.735. The number of benzene rings is 6. The third-order valence-electron chi connectivity index (χ3n) is 6.54. The number of rotatable bonds is 5. The Bertz CT molecular complexity index is 1580. The fourth-order valence-corrected chi connectivity index (χ4v) is 6.03. The summed E-state index contributed by atoms with van der Waals surface area (Å²) in [5.74, 6) is 0. The smallest absolute Gasteiger partial charge is 0.0639 e. The van der Waals surface area contributed by atoms with Crippen LogP contribution in [0.1, 0.15) is 5.56 Å². The maximum atomic E-state index is 2.35. The molecule has 0 fully saturated rings. The molecule has 0 unspecified atom stereocenters. The van der Waals surface area contributed by atoms with Crippen molar-refractivity contribution >= 4 is 36.3 Å². The van der Waals surface area contributed by atoms with Gasteiger partial charge in [-0.25, -0.2) is 0 Å². The summed E-state index contributed by atoms with van der Waals surface area (Å²) in [6.07, 6.45) is 0. The largest absolute Gasteiger partial charge is 0.0856 e. The number of hydrogen-bond acceptors (Lipinski definition) is 0. The third-order valence-corrected chi connectivity index (χ3v) is 7.84. The summed E-state index contributed by atoms with van der Waals surface area (Å²) in [6, 6.07) is 49.5. The summed E-state index contributed by atoms with van der Waals surface area (Å²) in [4.78, 5) is 0. The van der Waals surface area contributed by atoms with Crippen molar-refractivity contribution < 1.29 is 0 Å². The monoisotopic (exact) mass is 448 g/mol. The van der Waals surface area contributed by atoms with Gasteiger partial charge in [0.15, 0.2) is 0 Å². The van der Waals surface area contributed by atoms with E-state index in [-0.39, 0.29) is 0 Å². The Morgan fingerprint density at radius 3 is 1.71 bits per heavy atom. The summed E-state index contributed by atoms with van der Waals surface area (Å²) >= 11 is 0. The maximum Gasteiger partial charge on any atom is 0.0856 e. The molecule has 0 saturated heterocycles. The normalized spacial score (nSPS) is 11.2. The van der Waals surface area contributed by atoms with Gasteiger partial charge in [-0.05, 0) is 55.4 Å². The van der Waals surface area contributed by atoms with E-state index in [1.165, 1.54) is 54.5 Å². The first kappa shape index (κ1) is 20.6. The molecule has 0 atom stereocenters. The predicted molar refractivity (Wildman–Crippen MR) is 148 cm³/mol. The van der Waals surface area contributed by atoms with Gasteiger partial charge >= 0.3 is 0 Å². The zero-order valence-electron chi connectivity index (χ0n) is 18.9. The molecule has 2 radical (unpaired) electrons. The van der Waals surface area contributed by atoms with Crippen LogP contribution in [0.2, 0.25) is 0 Å². The summed E-state index contributed by atoms with van der Waals surface area (Å²) in [6.45, 7) is 0. The fourth-order valence-electron chi connectivity index (χ4n) is 4.91. The van der Waals surface area contributed by atoms with Crippen molar-refractivity contribution in [2.24, 2.45) is 0 Å². The summed E-state index contributed by atoms with van der Waals surface area (Å²) < 4.78 is 0. The van der Waals surface area contributed by atoms with Crippen molar-refractivity contribution in [3.05, 3.63) is 139 Å². The molecule has 0 spiro atoms. The predicted octanol–water partition coefficient (Wildman–Crippen LogP) is 7.86. The van der Waals surface area contributed by atoms with Gasteiger partial charge in [0, 0.05) is 0 Å². The lowest BCUT2D eigenvalue weighted by molar-refractivity contribution is 1.41. The van der Waals surface area contributed by atoms with Crippen LogP contribution in [-0.2, 0) is 6.04 Å². The molecular formula is C33H24Si. The highest BCUT2D eigenvalue weighted by molar-refractivity contribution is 6.53. The van der Waals surface area contributed by atoms with Crippen molar-refractivity contribution in [2.75, 3.05) is 0 Å². The van der Waals surface area contributed by atoms with Crippen molar-refractivity contribution in [1.29, 1.82) is 0 Å². The lowest BCUT2D eigenvalue weighted by atomic mass is 9.85. The highest BCUT2D eigenvalue weighted by Crippen LogP contribution is 2.43. The van der Waals surface area contributed by atoms with E-state index in [2.05, 4.69) is 133 Å². The molecule has 0 aliphatic carbocycles. The molecule has 34 heavy (non-hydrogen) atoms. The molecule has 0 aromatic heterocycles. The van der Waals surface area contributed by atoms with E-state index >= 15 is 0 Å². The summed E-state index contributed by atoms with van der Waals surface area (Å²) in [5.41, 5.74) is 6.67. The molecular weight excluding hydrogens is 424 g/mol. The average molecular weight is 449 g/mol. The Kier molecular flexibility index (Phi) is 5.54. The van der Waals surface area contributed by atoms with Crippen LogP contribution >= 0.6 is 0 Å². The van der Waals surface area contributed by atoms with Gasteiger partial charge in [0.05, 0.1) is 9.52 Å². The topological polar surface area (TPSA) is 0 Å². The average Bonchev–Trinajstić information content (AvgIpc) is 2.92. The highest BCUT2D eigenvalue weighted by Gasteiger charge is 2.18. The second-order valence-corrected chi connectivity index (χ2v) is 9.90. The van der Waals surface area contributed by atoms with E-state index in [1.54, 1.807) is 0 Å². The maximum absolute atomic E-state index is 2.35. The van der Waals surface area contributed by atoms with Gasteiger partial charge in [0.1, 0.15) is 0 Å². The molecule has 6 rings (SSSR count). The molecule has 0 nitrogen and oxygen atoms in total. The molecule has 0 saturated carbocycles. The van der Waals surface area contributed by atoms with Gasteiger partial charge in [-0.1, -0.05) is 139 Å². The van der Waals surface area contributed by atoms with E-state index in [9.17, 15) is 0 Å². The SMILES string of the molecule is c1ccc([Si]Cc2ccc3ccccc3c2-c2c(-c3ccccc3)ccc3ccccc23)cc1. The molecule has 0 heterocycles. The van der Waals surface area contributed by atoms with Gasteiger partial charge in [-0.2, -0.15) is 0 Å². The summed E-state index contributed by atoms with van der Waals surface area (Å²) in [5, 5.41) is 6.61. The Hall–Kier alpha value is -3.94. The van der Waals surface area contributed by atoms with Gasteiger partial charge < -0.3 is 0 Å². The van der Waals surface area contributed by atoms with Gasteiger partial charge in [-0.15, -0.1) is 0 Å². The van der Waals surface area contributed by atoms with Crippen LogP contribution in [0.3, 0.4) is 0 Å². The molecule has 6 aromatic carbocycles. The van der Waals surface area contributed by atoms with Gasteiger partial charge in [0.2, 0.25) is 0 Å². The minimum Gasteiger partial charge on any atom is -0.0639 e. The fraction of sp³-hybridized carbons (Fsp3) is 0.0303. The molecule has 1 heteroatoms. The Morgan fingerprint density at radius 2 is 1.00 bits per heavy atom. The van der Waals surface area contributed by atoms with Crippen molar-refractivity contribution in [3.63, 3.8) is 0 Å². The summed E-state index contributed by atoms with van der Waals surface area (Å²) in [7, 11) is 0.735. The van der Waals surface area contributed by atoms with Crippen LogP contribution in [0, 0.1) is 0 Å². The van der Waals surface area contributed by atoms with Crippen molar-refractivity contribution in [1.82, 2.24) is 0 Å². The first-order valence-electron chi connectivity index (χ1n) is 11.8. The van der Waals surface area contributed by atoms with Crippen LogP contribution in [0.5, 0.6) is 0 Å². The lowest BCUT2D eigenvalue weighted by Crippen LogP contribution is -2.16. The molecule has 0 amide bonds. The van der Waals surface area contributed by atoms with E-state index in [4.69, 9.17) is 0 Å². The van der Waals surface area contributed by atoms with Crippen LogP contribution < -0.4 is 5.19 Å². The molecule has 0 aliphatic rings. The standard InChI is InChI=1S/C33H24Si/c1-3-11-24(12-4-1)31-22-21-26-14-8-10-18-30(26)33(31)32-27(23-34-28-15-5-2-6-16-28)20-19-25-13-7-9-17-29(25)32/h1-22H,23H2. The first-order valence-corrected chi connectivity index (χ1v) is 13.0. The molecule has 6 aromatic rings. The van der Waals surface area contributed by atoms with Crippen LogP contribution in [0.25, 0.3) is 43.8 Å². The van der Waals surface area contributed by atoms with E-state index in [1.807, 2.05) is 0 Å². The zero-order valence-corrected chi connectivity index (χ0v) is 19.9. The van der Waals surface area contributed by atoms with Gasteiger partial charge in [0.25, 0.3) is 0 Å². The zero-order chi connectivity index (χ0) is 22.7. The second-order valence-electron chi connectivity index (χ2n) is 8.62. The minimum absolute atomic E-state index is 0.735. The van der Waals surface area contributed by atoms with E-state index < -0.39 is 0 Å². The Labute approximate surface area is 203 Å². The van der Waals surface area contributed by atoms with E-state index in [0.29, 0.717) is 0 Å². The lowest BCUT2D eigenvalue weighted by Gasteiger charge is -2.20. The number of hydrogen-bond donors (Lipinski definition) is 0.